The first-order chi connectivity index (χ1) is 10.1. The largest absolute Gasteiger partial charge is 0.309 e. The maximum atomic E-state index is 12.2. The van der Waals surface area contributed by atoms with Gasteiger partial charge in [0.1, 0.15) is 5.52 Å². The van der Waals surface area contributed by atoms with Crippen LogP contribution in [-0.2, 0) is 18.3 Å². The summed E-state index contributed by atoms with van der Waals surface area (Å²) in [5, 5.41) is 7.99. The second-order valence-electron chi connectivity index (χ2n) is 4.87. The van der Waals surface area contributed by atoms with Gasteiger partial charge in [0, 0.05) is 36.6 Å². The van der Waals surface area contributed by atoms with Gasteiger partial charge in [-0.1, -0.05) is 6.07 Å². The Labute approximate surface area is 121 Å². The van der Waals surface area contributed by atoms with Gasteiger partial charge < -0.3 is 5.32 Å². The summed E-state index contributed by atoms with van der Waals surface area (Å²) in [6, 6.07) is 5.65. The van der Waals surface area contributed by atoms with Crippen LogP contribution in [0.15, 0.2) is 36.8 Å². The van der Waals surface area contributed by atoms with Crippen molar-refractivity contribution in [3.63, 3.8) is 0 Å². The normalized spacial score (nSPS) is 10.8. The van der Waals surface area contributed by atoms with Crippen molar-refractivity contribution >= 4 is 22.6 Å². The number of nitrogens with zero attached hydrogens (tertiary/aromatic N) is 4. The van der Waals surface area contributed by atoms with E-state index in [1.54, 1.807) is 17.1 Å². The molecule has 1 N–H and O–H groups in total. The lowest BCUT2D eigenvalue weighted by molar-refractivity contribution is -0.115. The number of anilines is 1. The molecule has 1 amide bonds. The summed E-state index contributed by atoms with van der Waals surface area (Å²) in [6.45, 7) is 1.89. The smallest absolute Gasteiger partial charge is 0.230 e. The highest BCUT2D eigenvalue weighted by Gasteiger charge is 2.11. The van der Waals surface area contributed by atoms with Crippen molar-refractivity contribution in [3.05, 3.63) is 48.0 Å². The Morgan fingerprint density at radius 3 is 2.90 bits per heavy atom. The molecule has 0 radical (unpaired) electrons. The number of amides is 1. The number of aromatic nitrogens is 4. The first kappa shape index (κ1) is 13.2. The van der Waals surface area contributed by atoms with Gasteiger partial charge >= 0.3 is 0 Å². The van der Waals surface area contributed by atoms with Gasteiger partial charge in [-0.2, -0.15) is 5.10 Å². The number of rotatable bonds is 3. The molecule has 0 saturated carbocycles. The molecular formula is C15H15N5O. The summed E-state index contributed by atoms with van der Waals surface area (Å²) in [6.07, 6.45) is 5.47. The molecule has 0 aliphatic heterocycles. The Morgan fingerprint density at radius 2 is 2.14 bits per heavy atom. The third kappa shape index (κ3) is 2.74. The second-order valence-corrected chi connectivity index (χ2v) is 4.87. The van der Waals surface area contributed by atoms with E-state index in [0.717, 1.165) is 16.6 Å². The number of fused-ring (bicyclic) bond motifs is 1. The molecule has 3 rings (SSSR count). The molecule has 21 heavy (non-hydrogen) atoms. The van der Waals surface area contributed by atoms with Gasteiger partial charge in [0.05, 0.1) is 12.1 Å². The minimum atomic E-state index is -0.128. The van der Waals surface area contributed by atoms with E-state index in [9.17, 15) is 4.79 Å². The number of hydrogen-bond acceptors (Lipinski definition) is 4. The third-order valence-electron chi connectivity index (χ3n) is 3.24. The zero-order valence-corrected chi connectivity index (χ0v) is 11.9. The first-order valence-electron chi connectivity index (χ1n) is 6.62. The lowest BCUT2D eigenvalue weighted by Crippen LogP contribution is -2.16. The lowest BCUT2D eigenvalue weighted by Gasteiger charge is -2.06. The lowest BCUT2D eigenvalue weighted by atomic mass is 10.2. The Balaban J connectivity index is 1.82. The second kappa shape index (κ2) is 5.32. The average Bonchev–Trinajstić information content (AvgIpc) is 2.77. The number of aryl methyl sites for hydroxylation is 2. The molecule has 0 aromatic carbocycles. The van der Waals surface area contributed by atoms with Gasteiger partial charge in [-0.15, -0.1) is 0 Å². The number of carbonyl (C=O) groups is 1. The van der Waals surface area contributed by atoms with Gasteiger partial charge in [-0.05, 0) is 19.1 Å². The molecule has 0 unspecified atom stereocenters. The molecule has 0 saturated heterocycles. The highest BCUT2D eigenvalue weighted by atomic mass is 16.1. The summed E-state index contributed by atoms with van der Waals surface area (Å²) >= 11 is 0. The van der Waals surface area contributed by atoms with Crippen LogP contribution in [0.1, 0.15) is 11.3 Å². The Hall–Kier alpha value is -2.76. The molecular weight excluding hydrogens is 266 g/mol. The monoisotopic (exact) mass is 281 g/mol. The molecule has 0 aliphatic rings. The van der Waals surface area contributed by atoms with Crippen LogP contribution in [0.4, 0.5) is 5.82 Å². The van der Waals surface area contributed by atoms with Crippen LogP contribution in [0, 0.1) is 6.92 Å². The van der Waals surface area contributed by atoms with E-state index in [2.05, 4.69) is 20.4 Å². The van der Waals surface area contributed by atoms with Crippen molar-refractivity contribution in [3.8, 4) is 0 Å². The van der Waals surface area contributed by atoms with Crippen molar-refractivity contribution in [1.29, 1.82) is 0 Å². The number of pyridine rings is 2. The average molecular weight is 281 g/mol. The van der Waals surface area contributed by atoms with Crippen LogP contribution in [-0.4, -0.2) is 25.7 Å². The summed E-state index contributed by atoms with van der Waals surface area (Å²) in [7, 11) is 1.84. The molecule has 3 aromatic heterocycles. The van der Waals surface area contributed by atoms with E-state index in [1.165, 1.54) is 0 Å². The van der Waals surface area contributed by atoms with E-state index < -0.39 is 0 Å². The van der Waals surface area contributed by atoms with Crippen LogP contribution < -0.4 is 5.32 Å². The third-order valence-corrected chi connectivity index (χ3v) is 3.24. The molecule has 0 atom stereocenters. The van der Waals surface area contributed by atoms with Crippen molar-refractivity contribution in [1.82, 2.24) is 19.7 Å². The highest BCUT2D eigenvalue weighted by molar-refractivity contribution is 5.99. The molecule has 0 fully saturated rings. The topological polar surface area (TPSA) is 72.7 Å². The van der Waals surface area contributed by atoms with E-state index in [4.69, 9.17) is 0 Å². The predicted octanol–water partition coefficient (Wildman–Crippen LogP) is 1.85. The van der Waals surface area contributed by atoms with Crippen LogP contribution in [0.25, 0.3) is 10.9 Å². The van der Waals surface area contributed by atoms with E-state index in [-0.39, 0.29) is 12.3 Å². The summed E-state index contributed by atoms with van der Waals surface area (Å²) < 4.78 is 1.70. The highest BCUT2D eigenvalue weighted by Crippen LogP contribution is 2.18. The van der Waals surface area contributed by atoms with Crippen LogP contribution in [0.5, 0.6) is 0 Å². The number of nitrogens with one attached hydrogen (secondary N) is 1. The Kier molecular flexibility index (Phi) is 3.35. The van der Waals surface area contributed by atoms with E-state index in [0.29, 0.717) is 11.3 Å². The first-order valence-corrected chi connectivity index (χ1v) is 6.62. The summed E-state index contributed by atoms with van der Waals surface area (Å²) in [5.74, 6) is 0.358. The maximum absolute atomic E-state index is 12.2. The number of hydrogen-bond donors (Lipinski definition) is 1. The van der Waals surface area contributed by atoms with Gasteiger partial charge in [-0.25, -0.2) is 4.98 Å². The molecule has 3 heterocycles. The van der Waals surface area contributed by atoms with Gasteiger partial charge in [0.2, 0.25) is 5.91 Å². The fraction of sp³-hybridized carbons (Fsp3) is 0.200. The molecule has 6 nitrogen and oxygen atoms in total. The Bertz CT molecular complexity index is 803. The molecule has 0 bridgehead atoms. The fourth-order valence-electron chi connectivity index (χ4n) is 2.27. The van der Waals surface area contributed by atoms with Crippen molar-refractivity contribution in [2.24, 2.45) is 7.05 Å². The summed E-state index contributed by atoms with van der Waals surface area (Å²) in [5.41, 5.74) is 2.45. The van der Waals surface area contributed by atoms with Crippen LogP contribution in [0.3, 0.4) is 0 Å². The molecule has 106 valence electrons. The van der Waals surface area contributed by atoms with Gasteiger partial charge in [0.25, 0.3) is 0 Å². The SMILES string of the molecule is Cc1nn(C)cc1CC(=O)Nc1nccc2cccnc12. The van der Waals surface area contributed by atoms with E-state index >= 15 is 0 Å². The maximum Gasteiger partial charge on any atom is 0.230 e. The van der Waals surface area contributed by atoms with Gasteiger partial charge in [0.15, 0.2) is 5.82 Å². The quantitative estimate of drug-likeness (QED) is 0.795. The number of carbonyl (C=O) groups excluding carboxylic acids is 1. The standard InChI is InChI=1S/C15H15N5O/c1-10-12(9-20(2)19-10)8-13(21)18-15-14-11(5-7-17-15)4-3-6-16-14/h3-7,9H,8H2,1-2H3,(H,17,18,21). The zero-order chi connectivity index (χ0) is 14.8. The van der Waals surface area contributed by atoms with Crippen LogP contribution in [0.2, 0.25) is 0 Å². The molecule has 0 spiro atoms. The molecule has 0 aliphatic carbocycles. The zero-order valence-electron chi connectivity index (χ0n) is 11.9. The Morgan fingerprint density at radius 1 is 1.29 bits per heavy atom. The summed E-state index contributed by atoms with van der Waals surface area (Å²) in [4.78, 5) is 20.6. The fourth-order valence-corrected chi connectivity index (χ4v) is 2.27. The minimum absolute atomic E-state index is 0.128. The van der Waals surface area contributed by atoms with E-state index in [1.807, 2.05) is 38.4 Å². The van der Waals surface area contributed by atoms with Crippen molar-refractivity contribution < 1.29 is 4.79 Å². The van der Waals surface area contributed by atoms with Crippen molar-refractivity contribution in [2.45, 2.75) is 13.3 Å². The molecule has 6 heteroatoms. The minimum Gasteiger partial charge on any atom is -0.309 e. The predicted molar refractivity (Wildman–Crippen MR) is 79.8 cm³/mol. The van der Waals surface area contributed by atoms with Gasteiger partial charge in [-0.3, -0.25) is 14.5 Å². The molecule has 3 aromatic rings. The van der Waals surface area contributed by atoms with Crippen molar-refractivity contribution in [2.75, 3.05) is 5.32 Å². The van der Waals surface area contributed by atoms with Crippen LogP contribution >= 0.6 is 0 Å².